The van der Waals surface area contributed by atoms with Crippen molar-refractivity contribution in [2.24, 2.45) is 5.92 Å². The topological polar surface area (TPSA) is 41.6 Å². The van der Waals surface area contributed by atoms with Gasteiger partial charge in [-0.2, -0.15) is 0 Å². The molecule has 1 fully saturated rings. The molecule has 0 aromatic heterocycles. The van der Waals surface area contributed by atoms with Gasteiger partial charge in [0.05, 0.1) is 13.2 Å². The normalized spacial score (nSPS) is 24.0. The number of likely N-dealkylation sites (N-methyl/N-ethyl adjacent to an activating group) is 1. The molecule has 1 amide bonds. The summed E-state index contributed by atoms with van der Waals surface area (Å²) in [4.78, 5) is 14.4. The summed E-state index contributed by atoms with van der Waals surface area (Å²) in [6, 6.07) is 7.83. The Balaban J connectivity index is 2.23. The fourth-order valence-electron chi connectivity index (χ4n) is 2.68. The smallest absolute Gasteiger partial charge is 0.241 e. The average molecular weight is 276 g/mol. The minimum Gasteiger partial charge on any atom is -0.497 e. The first kappa shape index (κ1) is 14.9. The molecule has 0 aliphatic carbocycles. The SMILES string of the molecule is CCC(C)C1NC(c2ccc(OC)cc2)N(CC)C1=O. The molecule has 0 saturated carbocycles. The summed E-state index contributed by atoms with van der Waals surface area (Å²) in [5.74, 6) is 1.39. The van der Waals surface area contributed by atoms with Gasteiger partial charge in [0.25, 0.3) is 0 Å². The molecule has 1 aromatic carbocycles. The molecule has 1 N–H and O–H groups in total. The lowest BCUT2D eigenvalue weighted by Gasteiger charge is -2.23. The maximum Gasteiger partial charge on any atom is 0.241 e. The van der Waals surface area contributed by atoms with Gasteiger partial charge < -0.3 is 9.64 Å². The average Bonchev–Trinajstić information content (AvgIpc) is 2.83. The number of carbonyl (C=O) groups excluding carboxylic acids is 1. The summed E-state index contributed by atoms with van der Waals surface area (Å²) in [5.41, 5.74) is 1.10. The van der Waals surface area contributed by atoms with Crippen molar-refractivity contribution in [2.45, 2.75) is 39.4 Å². The van der Waals surface area contributed by atoms with Gasteiger partial charge in [-0.1, -0.05) is 32.4 Å². The van der Waals surface area contributed by atoms with Gasteiger partial charge in [-0.05, 0) is 30.5 Å². The number of benzene rings is 1. The highest BCUT2D eigenvalue weighted by atomic mass is 16.5. The van der Waals surface area contributed by atoms with E-state index in [-0.39, 0.29) is 18.1 Å². The van der Waals surface area contributed by atoms with E-state index in [0.717, 1.165) is 24.3 Å². The summed E-state index contributed by atoms with van der Waals surface area (Å²) in [6.07, 6.45) is 0.966. The maximum atomic E-state index is 12.5. The van der Waals surface area contributed by atoms with E-state index in [9.17, 15) is 4.79 Å². The van der Waals surface area contributed by atoms with Gasteiger partial charge >= 0.3 is 0 Å². The molecule has 1 saturated heterocycles. The number of nitrogens with one attached hydrogen (secondary N) is 1. The van der Waals surface area contributed by atoms with Gasteiger partial charge in [-0.25, -0.2) is 0 Å². The van der Waals surface area contributed by atoms with Crippen molar-refractivity contribution in [3.8, 4) is 5.75 Å². The molecule has 20 heavy (non-hydrogen) atoms. The molecule has 0 spiro atoms. The fraction of sp³-hybridized carbons (Fsp3) is 0.562. The van der Waals surface area contributed by atoms with Crippen molar-refractivity contribution in [3.63, 3.8) is 0 Å². The summed E-state index contributed by atoms with van der Waals surface area (Å²) in [5, 5.41) is 3.48. The largest absolute Gasteiger partial charge is 0.497 e. The molecule has 110 valence electrons. The lowest BCUT2D eigenvalue weighted by molar-refractivity contribution is -0.130. The van der Waals surface area contributed by atoms with E-state index in [0.29, 0.717) is 5.92 Å². The lowest BCUT2D eigenvalue weighted by atomic mass is 9.99. The summed E-state index contributed by atoms with van der Waals surface area (Å²) < 4.78 is 5.18. The van der Waals surface area contributed by atoms with E-state index in [4.69, 9.17) is 4.74 Å². The van der Waals surface area contributed by atoms with E-state index >= 15 is 0 Å². The third-order valence-corrected chi connectivity index (χ3v) is 4.18. The van der Waals surface area contributed by atoms with Gasteiger partial charge in [-0.3, -0.25) is 10.1 Å². The van der Waals surface area contributed by atoms with Crippen LogP contribution < -0.4 is 10.1 Å². The zero-order valence-corrected chi connectivity index (χ0v) is 12.7. The molecule has 1 aliphatic heterocycles. The van der Waals surface area contributed by atoms with Gasteiger partial charge in [0, 0.05) is 6.54 Å². The minimum atomic E-state index is -0.0768. The highest BCUT2D eigenvalue weighted by Gasteiger charge is 2.40. The molecule has 4 heteroatoms. The molecule has 3 atom stereocenters. The molecular formula is C16H24N2O2. The van der Waals surface area contributed by atoms with E-state index < -0.39 is 0 Å². The second kappa shape index (κ2) is 6.27. The van der Waals surface area contributed by atoms with Crippen LogP contribution >= 0.6 is 0 Å². The second-order valence-corrected chi connectivity index (χ2v) is 5.33. The van der Waals surface area contributed by atoms with Crippen molar-refractivity contribution in [1.29, 1.82) is 0 Å². The van der Waals surface area contributed by atoms with Crippen molar-refractivity contribution in [1.82, 2.24) is 10.2 Å². The van der Waals surface area contributed by atoms with Gasteiger partial charge in [0.15, 0.2) is 0 Å². The lowest BCUT2D eigenvalue weighted by Crippen LogP contribution is -2.35. The van der Waals surface area contributed by atoms with Gasteiger partial charge in [-0.15, -0.1) is 0 Å². The van der Waals surface area contributed by atoms with Crippen LogP contribution in [0.3, 0.4) is 0 Å². The Labute approximate surface area is 121 Å². The molecule has 1 heterocycles. The Bertz CT molecular complexity index is 458. The van der Waals surface area contributed by atoms with Gasteiger partial charge in [0.1, 0.15) is 11.9 Å². The first-order valence-electron chi connectivity index (χ1n) is 7.32. The number of rotatable bonds is 5. The minimum absolute atomic E-state index is 0.0302. The summed E-state index contributed by atoms with van der Waals surface area (Å²) in [6.45, 7) is 6.99. The zero-order chi connectivity index (χ0) is 14.7. The first-order valence-corrected chi connectivity index (χ1v) is 7.32. The maximum absolute atomic E-state index is 12.5. The summed E-state index contributed by atoms with van der Waals surface area (Å²) in [7, 11) is 1.66. The molecule has 1 aliphatic rings. The zero-order valence-electron chi connectivity index (χ0n) is 12.7. The Morgan fingerprint density at radius 2 is 1.95 bits per heavy atom. The Kier molecular flexibility index (Phi) is 4.65. The van der Waals surface area contributed by atoms with Crippen LogP contribution in [0.2, 0.25) is 0 Å². The van der Waals surface area contributed by atoms with Crippen molar-refractivity contribution < 1.29 is 9.53 Å². The molecular weight excluding hydrogens is 252 g/mol. The Morgan fingerprint density at radius 3 is 2.45 bits per heavy atom. The quantitative estimate of drug-likeness (QED) is 0.898. The highest BCUT2D eigenvalue weighted by molar-refractivity contribution is 5.84. The highest BCUT2D eigenvalue weighted by Crippen LogP contribution is 2.29. The monoisotopic (exact) mass is 276 g/mol. The standard InChI is InChI=1S/C16H24N2O2/c1-5-11(3)14-16(19)18(6-2)15(17-14)12-7-9-13(20-4)10-8-12/h7-11,14-15,17H,5-6H2,1-4H3. The molecule has 4 nitrogen and oxygen atoms in total. The van der Waals surface area contributed by atoms with Crippen LogP contribution in [0.5, 0.6) is 5.75 Å². The van der Waals surface area contributed by atoms with Gasteiger partial charge in [0.2, 0.25) is 5.91 Å². The number of carbonyl (C=O) groups is 1. The van der Waals surface area contributed by atoms with Crippen LogP contribution in [0.1, 0.15) is 38.9 Å². The number of hydrogen-bond acceptors (Lipinski definition) is 3. The van der Waals surface area contributed by atoms with E-state index in [1.807, 2.05) is 36.1 Å². The molecule has 1 aromatic rings. The predicted octanol–water partition coefficient (Wildman–Crippen LogP) is 2.56. The molecule has 3 unspecified atom stereocenters. The first-order chi connectivity index (χ1) is 9.62. The van der Waals surface area contributed by atoms with Crippen LogP contribution in [-0.4, -0.2) is 30.5 Å². The number of amides is 1. The van der Waals surface area contributed by atoms with Crippen LogP contribution in [0.4, 0.5) is 0 Å². The van der Waals surface area contributed by atoms with E-state index in [2.05, 4.69) is 19.2 Å². The van der Waals surface area contributed by atoms with Crippen LogP contribution in [-0.2, 0) is 4.79 Å². The van der Waals surface area contributed by atoms with E-state index in [1.165, 1.54) is 0 Å². The number of ether oxygens (including phenoxy) is 1. The third-order valence-electron chi connectivity index (χ3n) is 4.18. The third kappa shape index (κ3) is 2.66. The molecule has 0 bridgehead atoms. The van der Waals surface area contributed by atoms with Crippen LogP contribution in [0, 0.1) is 5.92 Å². The Hall–Kier alpha value is -1.55. The number of nitrogens with zero attached hydrogens (tertiary/aromatic N) is 1. The summed E-state index contributed by atoms with van der Waals surface area (Å²) >= 11 is 0. The second-order valence-electron chi connectivity index (χ2n) is 5.33. The van der Waals surface area contributed by atoms with Crippen molar-refractivity contribution >= 4 is 5.91 Å². The Morgan fingerprint density at radius 1 is 1.30 bits per heavy atom. The molecule has 0 radical (unpaired) electrons. The van der Waals surface area contributed by atoms with Crippen LogP contribution in [0.15, 0.2) is 24.3 Å². The predicted molar refractivity (Wildman–Crippen MR) is 79.5 cm³/mol. The van der Waals surface area contributed by atoms with E-state index in [1.54, 1.807) is 7.11 Å². The number of methoxy groups -OCH3 is 1. The van der Waals surface area contributed by atoms with Crippen molar-refractivity contribution in [3.05, 3.63) is 29.8 Å². The van der Waals surface area contributed by atoms with Crippen LogP contribution in [0.25, 0.3) is 0 Å². The van der Waals surface area contributed by atoms with Crippen molar-refractivity contribution in [2.75, 3.05) is 13.7 Å². The fourth-order valence-corrected chi connectivity index (χ4v) is 2.68. The molecule has 2 rings (SSSR count). The number of hydrogen-bond donors (Lipinski definition) is 1.